The van der Waals surface area contributed by atoms with Gasteiger partial charge in [-0.1, -0.05) is 54.6 Å². The molecule has 1 atom stereocenters. The minimum atomic E-state index is -0.496. The summed E-state index contributed by atoms with van der Waals surface area (Å²) in [5.74, 6) is 0.0211. The number of hydrogen-bond donors (Lipinski definition) is 2. The number of aromatic nitrogens is 1. The molecule has 0 bridgehead atoms. The zero-order chi connectivity index (χ0) is 19.3. The van der Waals surface area contributed by atoms with Gasteiger partial charge in [0.15, 0.2) is 0 Å². The van der Waals surface area contributed by atoms with Gasteiger partial charge in [-0.2, -0.15) is 0 Å². The van der Waals surface area contributed by atoms with Crippen molar-refractivity contribution in [3.8, 4) is 11.1 Å². The third kappa shape index (κ3) is 3.62. The van der Waals surface area contributed by atoms with Crippen LogP contribution in [0.4, 0.5) is 4.79 Å². The monoisotopic (exact) mass is 374 g/mol. The molecule has 142 valence electrons. The van der Waals surface area contributed by atoms with E-state index in [0.717, 1.165) is 5.56 Å². The number of aliphatic hydroxyl groups is 1. The number of pyridine rings is 1. The lowest BCUT2D eigenvalue weighted by molar-refractivity contribution is 0.136. The predicted octanol–water partition coefficient (Wildman–Crippen LogP) is 4.04. The van der Waals surface area contributed by atoms with E-state index in [4.69, 9.17) is 4.74 Å². The van der Waals surface area contributed by atoms with Crippen LogP contribution < -0.4 is 5.32 Å². The Morgan fingerprint density at radius 2 is 1.71 bits per heavy atom. The largest absolute Gasteiger partial charge is 0.449 e. The lowest BCUT2D eigenvalue weighted by Crippen LogP contribution is -2.31. The van der Waals surface area contributed by atoms with E-state index in [0.29, 0.717) is 6.42 Å². The van der Waals surface area contributed by atoms with Crippen molar-refractivity contribution in [2.75, 3.05) is 13.2 Å². The fourth-order valence-electron chi connectivity index (χ4n) is 3.82. The summed E-state index contributed by atoms with van der Waals surface area (Å²) in [6.07, 6.45) is 3.26. The van der Waals surface area contributed by atoms with Crippen LogP contribution in [0.1, 0.15) is 35.1 Å². The molecule has 0 fully saturated rings. The molecule has 0 aliphatic heterocycles. The molecule has 3 aromatic rings. The fourth-order valence-corrected chi connectivity index (χ4v) is 3.82. The second kappa shape index (κ2) is 8.23. The van der Waals surface area contributed by atoms with Crippen LogP contribution in [0.2, 0.25) is 0 Å². The van der Waals surface area contributed by atoms with Crippen LogP contribution in [-0.2, 0) is 4.74 Å². The van der Waals surface area contributed by atoms with Crippen molar-refractivity contribution in [1.82, 2.24) is 10.3 Å². The molecule has 1 aliphatic rings. The number of hydrogen-bond acceptors (Lipinski definition) is 4. The SMILES string of the molecule is O=C(N[C@H](CCO)c1cccnc1)OCC1c2ccccc2-c2ccccc21. The molecule has 1 aromatic heterocycles. The molecule has 1 heterocycles. The topological polar surface area (TPSA) is 71.5 Å². The van der Waals surface area contributed by atoms with Crippen LogP contribution in [0.3, 0.4) is 0 Å². The number of alkyl carbamates (subject to hydrolysis) is 1. The standard InChI is InChI=1S/C23H22N2O3/c26-13-11-22(16-6-5-12-24-14-16)25-23(27)28-15-21-19-9-3-1-7-17(19)18-8-2-4-10-20(18)21/h1-10,12,14,21-22,26H,11,13,15H2,(H,25,27)/t22-/m1/s1. The highest BCUT2D eigenvalue weighted by Gasteiger charge is 2.29. The number of aliphatic hydroxyl groups excluding tert-OH is 1. The quantitative estimate of drug-likeness (QED) is 0.683. The maximum absolute atomic E-state index is 12.4. The van der Waals surface area contributed by atoms with Crippen molar-refractivity contribution in [3.05, 3.63) is 89.7 Å². The van der Waals surface area contributed by atoms with Crippen LogP contribution in [-0.4, -0.2) is 29.4 Å². The second-order valence-electron chi connectivity index (χ2n) is 6.82. The lowest BCUT2D eigenvalue weighted by Gasteiger charge is -2.19. The first-order valence-corrected chi connectivity index (χ1v) is 9.40. The highest BCUT2D eigenvalue weighted by Crippen LogP contribution is 2.44. The van der Waals surface area contributed by atoms with E-state index in [2.05, 4.69) is 34.6 Å². The summed E-state index contributed by atoms with van der Waals surface area (Å²) in [6, 6.07) is 19.8. The average molecular weight is 374 g/mol. The molecule has 28 heavy (non-hydrogen) atoms. The predicted molar refractivity (Wildman–Crippen MR) is 107 cm³/mol. The van der Waals surface area contributed by atoms with E-state index < -0.39 is 6.09 Å². The Hall–Kier alpha value is -3.18. The van der Waals surface area contributed by atoms with Gasteiger partial charge < -0.3 is 15.2 Å². The van der Waals surface area contributed by atoms with Gasteiger partial charge in [0, 0.05) is 24.9 Å². The van der Waals surface area contributed by atoms with Gasteiger partial charge in [0.1, 0.15) is 6.61 Å². The molecular weight excluding hydrogens is 352 g/mol. The Kier molecular flexibility index (Phi) is 5.35. The maximum atomic E-state index is 12.4. The molecule has 5 heteroatoms. The Bertz CT molecular complexity index is 913. The van der Waals surface area contributed by atoms with Crippen LogP contribution in [0.5, 0.6) is 0 Å². The summed E-state index contributed by atoms with van der Waals surface area (Å²) in [5, 5.41) is 12.2. The Morgan fingerprint density at radius 1 is 1.04 bits per heavy atom. The van der Waals surface area contributed by atoms with Crippen LogP contribution in [0, 0.1) is 0 Å². The number of nitrogens with one attached hydrogen (secondary N) is 1. The second-order valence-corrected chi connectivity index (χ2v) is 6.82. The molecule has 0 spiro atoms. The van der Waals surface area contributed by atoms with E-state index in [1.54, 1.807) is 18.5 Å². The summed E-state index contributed by atoms with van der Waals surface area (Å²) in [5.41, 5.74) is 5.58. The molecule has 0 radical (unpaired) electrons. The number of benzene rings is 2. The van der Waals surface area contributed by atoms with Crippen molar-refractivity contribution < 1.29 is 14.6 Å². The van der Waals surface area contributed by atoms with Crippen LogP contribution in [0.25, 0.3) is 11.1 Å². The number of carbonyl (C=O) groups is 1. The number of nitrogens with zero attached hydrogens (tertiary/aromatic N) is 1. The van der Waals surface area contributed by atoms with Gasteiger partial charge >= 0.3 is 6.09 Å². The van der Waals surface area contributed by atoms with Gasteiger partial charge in [0.25, 0.3) is 0 Å². The van der Waals surface area contributed by atoms with Crippen molar-refractivity contribution in [1.29, 1.82) is 0 Å². The molecule has 4 rings (SSSR count). The Labute approximate surface area is 164 Å². The minimum Gasteiger partial charge on any atom is -0.449 e. The third-order valence-corrected chi connectivity index (χ3v) is 5.14. The number of fused-ring (bicyclic) bond motifs is 3. The van der Waals surface area contributed by atoms with E-state index in [1.807, 2.05) is 30.3 Å². The Balaban J connectivity index is 1.46. The molecule has 2 N–H and O–H groups in total. The summed E-state index contributed by atoms with van der Waals surface area (Å²) in [4.78, 5) is 16.5. The molecule has 1 aliphatic carbocycles. The minimum absolute atomic E-state index is 0.0211. The molecule has 0 saturated heterocycles. The smallest absolute Gasteiger partial charge is 0.407 e. The zero-order valence-electron chi connectivity index (χ0n) is 15.4. The van der Waals surface area contributed by atoms with E-state index >= 15 is 0 Å². The van der Waals surface area contributed by atoms with Crippen LogP contribution >= 0.6 is 0 Å². The Morgan fingerprint density at radius 3 is 2.32 bits per heavy atom. The summed E-state index contributed by atoms with van der Waals surface area (Å²) in [6.45, 7) is 0.224. The highest BCUT2D eigenvalue weighted by atomic mass is 16.5. The van der Waals surface area contributed by atoms with E-state index in [9.17, 15) is 9.90 Å². The first-order chi connectivity index (χ1) is 13.8. The normalized spacial score (nSPS) is 13.5. The third-order valence-electron chi connectivity index (χ3n) is 5.14. The molecular formula is C23H22N2O3. The molecule has 1 amide bonds. The van der Waals surface area contributed by atoms with Gasteiger partial charge in [-0.15, -0.1) is 0 Å². The first-order valence-electron chi connectivity index (χ1n) is 9.40. The van der Waals surface area contributed by atoms with Gasteiger partial charge in [-0.3, -0.25) is 4.98 Å². The first kappa shape index (κ1) is 18.2. The number of carbonyl (C=O) groups excluding carboxylic acids is 1. The van der Waals surface area contributed by atoms with E-state index in [1.165, 1.54) is 22.3 Å². The molecule has 2 aromatic carbocycles. The molecule has 5 nitrogen and oxygen atoms in total. The lowest BCUT2D eigenvalue weighted by atomic mass is 9.98. The van der Waals surface area contributed by atoms with Gasteiger partial charge in [0.05, 0.1) is 6.04 Å². The van der Waals surface area contributed by atoms with Gasteiger partial charge in [-0.05, 0) is 40.3 Å². The zero-order valence-corrected chi connectivity index (χ0v) is 15.4. The van der Waals surface area contributed by atoms with Crippen molar-refractivity contribution in [2.45, 2.75) is 18.4 Å². The van der Waals surface area contributed by atoms with Crippen LogP contribution in [0.15, 0.2) is 73.1 Å². The molecule has 0 unspecified atom stereocenters. The maximum Gasteiger partial charge on any atom is 0.407 e. The van der Waals surface area contributed by atoms with Gasteiger partial charge in [-0.25, -0.2) is 4.79 Å². The number of rotatable bonds is 6. The van der Waals surface area contributed by atoms with Crippen molar-refractivity contribution in [3.63, 3.8) is 0 Å². The number of amides is 1. The summed E-state index contributed by atoms with van der Waals surface area (Å²) < 4.78 is 5.59. The highest BCUT2D eigenvalue weighted by molar-refractivity contribution is 5.79. The molecule has 0 saturated carbocycles. The van der Waals surface area contributed by atoms with Gasteiger partial charge in [0.2, 0.25) is 0 Å². The van der Waals surface area contributed by atoms with Crippen molar-refractivity contribution >= 4 is 6.09 Å². The van der Waals surface area contributed by atoms with E-state index in [-0.39, 0.29) is 25.2 Å². The van der Waals surface area contributed by atoms with Crippen molar-refractivity contribution in [2.24, 2.45) is 0 Å². The summed E-state index contributed by atoms with van der Waals surface area (Å²) in [7, 11) is 0. The average Bonchev–Trinajstić information content (AvgIpc) is 3.06. The summed E-state index contributed by atoms with van der Waals surface area (Å²) >= 11 is 0. The fraction of sp³-hybridized carbons (Fsp3) is 0.217. The number of ether oxygens (including phenoxy) is 1.